The Morgan fingerprint density at radius 2 is 1.69 bits per heavy atom. The molecule has 5 aromatic rings. The number of fused-ring (bicyclic) bond motifs is 2. The van der Waals surface area contributed by atoms with Crippen molar-refractivity contribution in [2.75, 3.05) is 13.2 Å². The van der Waals surface area contributed by atoms with Gasteiger partial charge in [0.1, 0.15) is 11.3 Å². The molecule has 4 heteroatoms. The third-order valence-corrected chi connectivity index (χ3v) is 6.38. The molecule has 0 fully saturated rings. The quantitative estimate of drug-likeness (QED) is 0.238. The van der Waals surface area contributed by atoms with E-state index in [1.165, 1.54) is 16.3 Å². The van der Waals surface area contributed by atoms with Crippen molar-refractivity contribution in [2.24, 2.45) is 0 Å². The summed E-state index contributed by atoms with van der Waals surface area (Å²) in [6, 6.07) is 28.8. The first-order valence-electron chi connectivity index (χ1n) is 12.3. The summed E-state index contributed by atoms with van der Waals surface area (Å²) in [4.78, 5) is 12.7. The molecule has 1 amide bonds. The van der Waals surface area contributed by atoms with Gasteiger partial charge in [-0.2, -0.15) is 0 Å². The molecular formula is C32H29NO3. The first-order chi connectivity index (χ1) is 17.6. The molecule has 1 aromatic heterocycles. The van der Waals surface area contributed by atoms with Gasteiger partial charge in [-0.15, -0.1) is 0 Å². The Bertz CT molecular complexity index is 1540. The Morgan fingerprint density at radius 3 is 2.53 bits per heavy atom. The summed E-state index contributed by atoms with van der Waals surface area (Å²) in [5.41, 5.74) is 5.80. The fourth-order valence-electron chi connectivity index (χ4n) is 4.61. The first-order valence-corrected chi connectivity index (χ1v) is 12.3. The van der Waals surface area contributed by atoms with E-state index in [9.17, 15) is 4.79 Å². The number of carbonyl (C=O) groups is 1. The molecule has 0 unspecified atom stereocenters. The second-order valence-electron chi connectivity index (χ2n) is 8.81. The van der Waals surface area contributed by atoms with Gasteiger partial charge >= 0.3 is 0 Å². The molecular weight excluding hydrogens is 446 g/mol. The van der Waals surface area contributed by atoms with Crippen LogP contribution in [0.5, 0.6) is 5.75 Å². The largest absolute Gasteiger partial charge is 0.493 e. The van der Waals surface area contributed by atoms with Crippen LogP contribution in [0.3, 0.4) is 0 Å². The van der Waals surface area contributed by atoms with Crippen LogP contribution < -0.4 is 10.1 Å². The number of benzene rings is 4. The highest BCUT2D eigenvalue weighted by Crippen LogP contribution is 2.39. The highest BCUT2D eigenvalue weighted by atomic mass is 16.5. The molecule has 0 saturated heterocycles. The van der Waals surface area contributed by atoms with Gasteiger partial charge < -0.3 is 14.5 Å². The van der Waals surface area contributed by atoms with E-state index >= 15 is 0 Å². The Hall–Kier alpha value is -4.31. The van der Waals surface area contributed by atoms with Crippen molar-refractivity contribution in [1.29, 1.82) is 0 Å². The summed E-state index contributed by atoms with van der Waals surface area (Å²) in [7, 11) is 0. The van der Waals surface area contributed by atoms with Gasteiger partial charge in [0.05, 0.1) is 12.9 Å². The number of hydrogen-bond acceptors (Lipinski definition) is 3. The van der Waals surface area contributed by atoms with Crippen molar-refractivity contribution < 1.29 is 13.9 Å². The molecule has 180 valence electrons. The fourth-order valence-corrected chi connectivity index (χ4v) is 4.61. The highest BCUT2D eigenvalue weighted by molar-refractivity contribution is 6.06. The summed E-state index contributed by atoms with van der Waals surface area (Å²) in [5.74, 6) is 0.585. The minimum absolute atomic E-state index is 0.118. The third kappa shape index (κ3) is 4.89. The number of rotatable bonds is 8. The monoisotopic (exact) mass is 475 g/mol. The van der Waals surface area contributed by atoms with Crippen LogP contribution in [-0.4, -0.2) is 19.1 Å². The smallest absolute Gasteiger partial charge is 0.244 e. The summed E-state index contributed by atoms with van der Waals surface area (Å²) in [5, 5.41) is 6.34. The van der Waals surface area contributed by atoms with E-state index in [4.69, 9.17) is 9.15 Å². The lowest BCUT2D eigenvalue weighted by Gasteiger charge is -2.12. The van der Waals surface area contributed by atoms with Gasteiger partial charge in [-0.1, -0.05) is 72.8 Å². The van der Waals surface area contributed by atoms with Crippen molar-refractivity contribution >= 4 is 33.2 Å². The molecule has 4 aromatic carbocycles. The number of nitrogens with one attached hydrogen (secondary N) is 1. The molecule has 1 N–H and O–H groups in total. The van der Waals surface area contributed by atoms with Crippen LogP contribution in [0.15, 0.2) is 102 Å². The van der Waals surface area contributed by atoms with Crippen molar-refractivity contribution in [3.8, 4) is 16.9 Å². The van der Waals surface area contributed by atoms with E-state index in [-0.39, 0.29) is 5.91 Å². The number of hydrogen-bond donors (Lipinski definition) is 1. The van der Waals surface area contributed by atoms with Gasteiger partial charge in [0.2, 0.25) is 5.91 Å². The number of amides is 1. The SMILES string of the molecule is CCOc1cc2occ(-c3cccc4ccccc34)c2cc1/C(C)=C/C(=O)NCCc1ccccc1. The lowest BCUT2D eigenvalue weighted by molar-refractivity contribution is -0.116. The Kier molecular flexibility index (Phi) is 6.85. The number of allylic oxidation sites excluding steroid dienone is 1. The number of ether oxygens (including phenoxy) is 1. The summed E-state index contributed by atoms with van der Waals surface area (Å²) in [6.07, 6.45) is 4.24. The predicted octanol–water partition coefficient (Wildman–Crippen LogP) is 7.41. The molecule has 0 aliphatic carbocycles. The standard InChI is InChI=1S/C32H29NO3/c1-3-35-30-20-31-28(29(21-36-31)26-15-9-13-24-12-7-8-14-25(24)26)19-27(30)22(2)18-32(34)33-17-16-23-10-5-4-6-11-23/h4-15,18-21H,3,16-17H2,1-2H3,(H,33,34)/b22-18+. The van der Waals surface area contributed by atoms with Gasteiger partial charge in [0.25, 0.3) is 0 Å². The molecule has 0 spiro atoms. The predicted molar refractivity (Wildman–Crippen MR) is 147 cm³/mol. The molecule has 0 aliphatic heterocycles. The number of carbonyl (C=O) groups excluding carboxylic acids is 1. The van der Waals surface area contributed by atoms with Crippen LogP contribution in [0.1, 0.15) is 25.0 Å². The zero-order chi connectivity index (χ0) is 24.9. The molecule has 0 radical (unpaired) electrons. The van der Waals surface area contributed by atoms with Crippen LogP contribution in [0.4, 0.5) is 0 Å². The normalized spacial score (nSPS) is 11.7. The zero-order valence-corrected chi connectivity index (χ0v) is 20.6. The molecule has 1 heterocycles. The van der Waals surface area contributed by atoms with Crippen molar-refractivity contribution in [3.63, 3.8) is 0 Å². The van der Waals surface area contributed by atoms with Gasteiger partial charge in [-0.05, 0) is 53.8 Å². The molecule has 0 aliphatic rings. The van der Waals surface area contributed by atoms with Crippen LogP contribution in [0.25, 0.3) is 38.4 Å². The maximum Gasteiger partial charge on any atom is 0.244 e. The third-order valence-electron chi connectivity index (χ3n) is 6.38. The van der Waals surface area contributed by atoms with Gasteiger partial charge in [-0.25, -0.2) is 0 Å². The van der Waals surface area contributed by atoms with Crippen LogP contribution in [-0.2, 0) is 11.2 Å². The van der Waals surface area contributed by atoms with Gasteiger partial charge in [-0.3, -0.25) is 4.79 Å². The van der Waals surface area contributed by atoms with E-state index in [2.05, 4.69) is 59.9 Å². The van der Waals surface area contributed by atoms with Crippen LogP contribution in [0.2, 0.25) is 0 Å². The molecule has 0 atom stereocenters. The van der Waals surface area contributed by atoms with Gasteiger partial charge in [0.15, 0.2) is 0 Å². The first kappa shape index (κ1) is 23.4. The van der Waals surface area contributed by atoms with E-state index in [0.29, 0.717) is 18.9 Å². The van der Waals surface area contributed by atoms with Crippen molar-refractivity contribution in [2.45, 2.75) is 20.3 Å². The highest BCUT2D eigenvalue weighted by Gasteiger charge is 2.16. The summed E-state index contributed by atoms with van der Waals surface area (Å²) < 4.78 is 11.9. The van der Waals surface area contributed by atoms with Crippen molar-refractivity contribution in [1.82, 2.24) is 5.32 Å². The minimum atomic E-state index is -0.118. The molecule has 4 nitrogen and oxygen atoms in total. The Labute approximate surface area is 211 Å². The zero-order valence-electron chi connectivity index (χ0n) is 20.6. The Morgan fingerprint density at radius 1 is 0.917 bits per heavy atom. The van der Waals surface area contributed by atoms with E-state index < -0.39 is 0 Å². The van der Waals surface area contributed by atoms with Gasteiger partial charge in [0, 0.05) is 35.2 Å². The van der Waals surface area contributed by atoms with E-state index in [0.717, 1.165) is 39.7 Å². The lowest BCUT2D eigenvalue weighted by Crippen LogP contribution is -2.23. The maximum absolute atomic E-state index is 12.7. The summed E-state index contributed by atoms with van der Waals surface area (Å²) >= 11 is 0. The van der Waals surface area contributed by atoms with Crippen molar-refractivity contribution in [3.05, 3.63) is 108 Å². The lowest BCUT2D eigenvalue weighted by atomic mass is 9.96. The molecule has 0 bridgehead atoms. The second-order valence-corrected chi connectivity index (χ2v) is 8.81. The topological polar surface area (TPSA) is 51.5 Å². The Balaban J connectivity index is 1.47. The maximum atomic E-state index is 12.7. The van der Waals surface area contributed by atoms with Crippen LogP contribution >= 0.6 is 0 Å². The van der Waals surface area contributed by atoms with E-state index in [1.807, 2.05) is 44.2 Å². The second kappa shape index (κ2) is 10.5. The number of furan rings is 1. The molecule has 36 heavy (non-hydrogen) atoms. The molecule has 0 saturated carbocycles. The fraction of sp³-hybridized carbons (Fsp3) is 0.156. The minimum Gasteiger partial charge on any atom is -0.493 e. The average Bonchev–Trinajstić information content (AvgIpc) is 3.31. The van der Waals surface area contributed by atoms with E-state index in [1.54, 1.807) is 12.3 Å². The molecule has 5 rings (SSSR count). The van der Waals surface area contributed by atoms with Crippen LogP contribution in [0, 0.1) is 0 Å². The summed E-state index contributed by atoms with van der Waals surface area (Å²) in [6.45, 7) is 4.99. The average molecular weight is 476 g/mol.